The van der Waals surface area contributed by atoms with E-state index in [1.807, 2.05) is 10.8 Å². The second-order valence-electron chi connectivity index (χ2n) is 6.50. The van der Waals surface area contributed by atoms with E-state index in [4.69, 9.17) is 0 Å². The van der Waals surface area contributed by atoms with Crippen LogP contribution in [-0.2, 0) is 6.54 Å². The Morgan fingerprint density at radius 1 is 1.19 bits per heavy atom. The second kappa shape index (κ2) is 8.75. The molecule has 0 radical (unpaired) electrons. The molecule has 0 saturated carbocycles. The number of carbonyl (C=O) groups is 1. The maximum Gasteiger partial charge on any atom is 0.323 e. The third-order valence-corrected chi connectivity index (χ3v) is 4.44. The van der Waals surface area contributed by atoms with Crippen LogP contribution in [0.3, 0.4) is 0 Å². The average molecular weight is 375 g/mol. The van der Waals surface area contributed by atoms with Crippen molar-refractivity contribution in [1.29, 1.82) is 0 Å². The van der Waals surface area contributed by atoms with Crippen LogP contribution in [-0.4, -0.2) is 39.4 Å². The van der Waals surface area contributed by atoms with Crippen molar-refractivity contribution in [3.63, 3.8) is 0 Å². The standard InChI is InChI=1S/C19H23F2N5O/c1-2-3-5-23-18-17(14-10-15(20)12-16(21)11-14)26(19(27)24-18)8-4-7-25-9-6-22-13-25/h6,9-13,17H,2-5,7-8H2,1H3,(H,23,24,27). The zero-order valence-electron chi connectivity index (χ0n) is 15.2. The van der Waals surface area contributed by atoms with Crippen molar-refractivity contribution in [2.24, 2.45) is 4.99 Å². The largest absolute Gasteiger partial charge is 0.337 e. The van der Waals surface area contributed by atoms with Gasteiger partial charge in [-0.3, -0.25) is 10.3 Å². The number of hydrogen-bond acceptors (Lipinski definition) is 3. The van der Waals surface area contributed by atoms with Crippen LogP contribution in [0.15, 0.2) is 41.9 Å². The van der Waals surface area contributed by atoms with Crippen molar-refractivity contribution in [3.8, 4) is 0 Å². The fourth-order valence-corrected chi connectivity index (χ4v) is 3.14. The number of urea groups is 1. The van der Waals surface area contributed by atoms with Gasteiger partial charge in [-0.2, -0.15) is 0 Å². The van der Waals surface area contributed by atoms with E-state index >= 15 is 0 Å². The smallest absolute Gasteiger partial charge is 0.323 e. The van der Waals surface area contributed by atoms with Crippen LogP contribution in [0.25, 0.3) is 0 Å². The van der Waals surface area contributed by atoms with Crippen molar-refractivity contribution >= 4 is 11.9 Å². The molecule has 1 saturated heterocycles. The Morgan fingerprint density at radius 2 is 1.96 bits per heavy atom. The highest BCUT2D eigenvalue weighted by Gasteiger charge is 2.37. The number of carbonyl (C=O) groups excluding carboxylic acids is 1. The van der Waals surface area contributed by atoms with Gasteiger partial charge in [-0.15, -0.1) is 0 Å². The van der Waals surface area contributed by atoms with Crippen LogP contribution in [0.2, 0.25) is 0 Å². The monoisotopic (exact) mass is 375 g/mol. The van der Waals surface area contributed by atoms with Crippen molar-refractivity contribution in [1.82, 2.24) is 19.8 Å². The summed E-state index contributed by atoms with van der Waals surface area (Å²) in [5.41, 5.74) is 0.378. The van der Waals surface area contributed by atoms with E-state index < -0.39 is 17.7 Å². The third-order valence-electron chi connectivity index (χ3n) is 4.44. The number of amidine groups is 1. The number of halogens is 2. The number of imidazole rings is 1. The van der Waals surface area contributed by atoms with E-state index in [0.717, 1.165) is 18.9 Å². The van der Waals surface area contributed by atoms with Crippen LogP contribution >= 0.6 is 0 Å². The summed E-state index contributed by atoms with van der Waals surface area (Å²) in [6.45, 7) is 3.73. The van der Waals surface area contributed by atoms with Gasteiger partial charge in [0.2, 0.25) is 0 Å². The molecule has 1 aromatic heterocycles. The summed E-state index contributed by atoms with van der Waals surface area (Å²) in [7, 11) is 0. The molecule has 1 fully saturated rings. The average Bonchev–Trinajstić information content (AvgIpc) is 3.23. The number of unbranched alkanes of at least 4 members (excludes halogenated alkanes) is 1. The van der Waals surface area contributed by atoms with E-state index in [9.17, 15) is 13.6 Å². The number of aromatic nitrogens is 2. The lowest BCUT2D eigenvalue weighted by Crippen LogP contribution is -2.31. The van der Waals surface area contributed by atoms with E-state index in [1.165, 1.54) is 12.1 Å². The van der Waals surface area contributed by atoms with Gasteiger partial charge in [-0.05, 0) is 30.5 Å². The molecule has 1 atom stereocenters. The van der Waals surface area contributed by atoms with Crippen LogP contribution in [0.4, 0.5) is 13.6 Å². The minimum atomic E-state index is -0.671. The number of hydrogen-bond donors (Lipinski definition) is 1. The fraction of sp³-hybridized carbons (Fsp3) is 0.421. The molecule has 27 heavy (non-hydrogen) atoms. The quantitative estimate of drug-likeness (QED) is 0.718. The first kappa shape index (κ1) is 19.0. The molecule has 144 valence electrons. The number of nitrogens with one attached hydrogen (secondary N) is 1. The van der Waals surface area contributed by atoms with Crippen LogP contribution in [0, 0.1) is 11.6 Å². The van der Waals surface area contributed by atoms with Gasteiger partial charge >= 0.3 is 6.03 Å². The van der Waals surface area contributed by atoms with E-state index in [1.54, 1.807) is 17.4 Å². The highest BCUT2D eigenvalue weighted by atomic mass is 19.1. The summed E-state index contributed by atoms with van der Waals surface area (Å²) < 4.78 is 29.4. The fourth-order valence-electron chi connectivity index (χ4n) is 3.14. The summed E-state index contributed by atoms with van der Waals surface area (Å²) in [5, 5.41) is 2.77. The third kappa shape index (κ3) is 4.69. The molecule has 1 N–H and O–H groups in total. The molecule has 2 heterocycles. The Balaban J connectivity index is 1.82. The van der Waals surface area contributed by atoms with Gasteiger partial charge in [-0.1, -0.05) is 13.3 Å². The normalized spacial score (nSPS) is 18.3. The van der Waals surface area contributed by atoms with Gasteiger partial charge in [0.25, 0.3) is 0 Å². The maximum atomic E-state index is 13.8. The zero-order chi connectivity index (χ0) is 19.2. The van der Waals surface area contributed by atoms with Gasteiger partial charge in [0.05, 0.1) is 6.33 Å². The summed E-state index contributed by atoms with van der Waals surface area (Å²) in [5.74, 6) is -0.896. The summed E-state index contributed by atoms with van der Waals surface area (Å²) in [4.78, 5) is 22.5. The Hall–Kier alpha value is -2.77. The number of rotatable bonds is 8. The number of aryl methyl sites for hydroxylation is 1. The lowest BCUT2D eigenvalue weighted by molar-refractivity contribution is 0.204. The van der Waals surface area contributed by atoms with E-state index in [2.05, 4.69) is 22.2 Å². The molecule has 0 aliphatic carbocycles. The molecule has 1 unspecified atom stereocenters. The minimum absolute atomic E-state index is 0.300. The van der Waals surface area contributed by atoms with Crippen molar-refractivity contribution in [3.05, 3.63) is 54.1 Å². The summed E-state index contributed by atoms with van der Waals surface area (Å²) in [6, 6.07) is 2.43. The molecule has 0 spiro atoms. The zero-order valence-corrected chi connectivity index (χ0v) is 15.2. The second-order valence-corrected chi connectivity index (χ2v) is 6.50. The minimum Gasteiger partial charge on any atom is -0.337 e. The lowest BCUT2D eigenvalue weighted by atomic mass is 10.0. The predicted molar refractivity (Wildman–Crippen MR) is 98.4 cm³/mol. The van der Waals surface area contributed by atoms with Gasteiger partial charge in [0, 0.05) is 38.1 Å². The number of benzene rings is 1. The van der Waals surface area contributed by atoms with Gasteiger partial charge in [0.15, 0.2) is 0 Å². The lowest BCUT2D eigenvalue weighted by Gasteiger charge is -2.23. The van der Waals surface area contributed by atoms with Crippen LogP contribution in [0.5, 0.6) is 0 Å². The van der Waals surface area contributed by atoms with Gasteiger partial charge < -0.3 is 9.47 Å². The molecular formula is C19H23F2N5O. The number of aliphatic imine (C=N–C) groups is 1. The SMILES string of the molecule is CCCCN=C1NC(=O)N(CCCn2ccnc2)C1c1cc(F)cc(F)c1. The molecule has 1 aliphatic heterocycles. The van der Waals surface area contributed by atoms with E-state index in [0.29, 0.717) is 37.5 Å². The summed E-state index contributed by atoms with van der Waals surface area (Å²) in [6.07, 6.45) is 7.78. The van der Waals surface area contributed by atoms with Gasteiger partial charge in [0.1, 0.15) is 23.5 Å². The maximum absolute atomic E-state index is 13.8. The van der Waals surface area contributed by atoms with Crippen LogP contribution < -0.4 is 5.32 Å². The Bertz CT molecular complexity index is 786. The van der Waals surface area contributed by atoms with Crippen molar-refractivity contribution in [2.75, 3.05) is 13.1 Å². The van der Waals surface area contributed by atoms with Crippen molar-refractivity contribution in [2.45, 2.75) is 38.8 Å². The molecular weight excluding hydrogens is 352 g/mol. The summed E-state index contributed by atoms with van der Waals surface area (Å²) >= 11 is 0. The first-order valence-electron chi connectivity index (χ1n) is 9.12. The number of amides is 2. The Morgan fingerprint density at radius 3 is 2.63 bits per heavy atom. The van der Waals surface area contributed by atoms with Crippen LogP contribution in [0.1, 0.15) is 37.8 Å². The molecule has 1 aromatic carbocycles. The predicted octanol–water partition coefficient (Wildman–Crippen LogP) is 3.52. The first-order valence-corrected chi connectivity index (χ1v) is 9.12. The topological polar surface area (TPSA) is 62.5 Å². The molecule has 8 heteroatoms. The molecule has 6 nitrogen and oxygen atoms in total. The Kier molecular flexibility index (Phi) is 6.16. The highest BCUT2D eigenvalue weighted by Crippen LogP contribution is 2.28. The molecule has 2 aromatic rings. The molecule has 3 rings (SSSR count). The highest BCUT2D eigenvalue weighted by molar-refractivity contribution is 6.07. The van der Waals surface area contributed by atoms with E-state index in [-0.39, 0.29) is 6.03 Å². The van der Waals surface area contributed by atoms with Gasteiger partial charge in [-0.25, -0.2) is 18.6 Å². The van der Waals surface area contributed by atoms with Crippen molar-refractivity contribution < 1.29 is 13.6 Å². The molecule has 0 bridgehead atoms. The molecule has 2 amide bonds. The number of nitrogens with zero attached hydrogens (tertiary/aromatic N) is 4. The Labute approximate surface area is 156 Å². The molecule has 1 aliphatic rings. The first-order chi connectivity index (χ1) is 13.1.